The predicted molar refractivity (Wildman–Crippen MR) is 117 cm³/mol. The van der Waals surface area contributed by atoms with Gasteiger partial charge in [0.15, 0.2) is 5.76 Å². The maximum absolute atomic E-state index is 12.7. The minimum Gasteiger partial charge on any atom is -0.459 e. The molecule has 3 aromatic rings. The Kier molecular flexibility index (Phi) is 5.84. The van der Waals surface area contributed by atoms with Crippen molar-refractivity contribution < 1.29 is 14.0 Å². The molecule has 30 heavy (non-hydrogen) atoms. The number of nitrogens with one attached hydrogen (secondary N) is 1. The molecular weight excluding hydrogens is 378 g/mol. The van der Waals surface area contributed by atoms with Gasteiger partial charge in [0.2, 0.25) is 5.91 Å². The summed E-state index contributed by atoms with van der Waals surface area (Å²) in [5.41, 5.74) is 4.05. The summed E-state index contributed by atoms with van der Waals surface area (Å²) in [6, 6.07) is 19.1. The van der Waals surface area contributed by atoms with Crippen molar-refractivity contribution in [2.75, 3.05) is 36.4 Å². The Morgan fingerprint density at radius 3 is 2.33 bits per heavy atom. The molecule has 2 aromatic carbocycles. The van der Waals surface area contributed by atoms with Crippen molar-refractivity contribution in [1.29, 1.82) is 0 Å². The van der Waals surface area contributed by atoms with Crippen LogP contribution in [-0.2, 0) is 11.2 Å². The number of benzene rings is 2. The van der Waals surface area contributed by atoms with Gasteiger partial charge < -0.3 is 19.5 Å². The molecule has 0 spiro atoms. The number of aryl methyl sites for hydroxylation is 1. The van der Waals surface area contributed by atoms with Crippen molar-refractivity contribution in [1.82, 2.24) is 4.90 Å². The third-order valence-corrected chi connectivity index (χ3v) is 5.47. The van der Waals surface area contributed by atoms with E-state index >= 15 is 0 Å². The first-order valence-corrected chi connectivity index (χ1v) is 10.1. The van der Waals surface area contributed by atoms with Gasteiger partial charge in [0, 0.05) is 37.6 Å². The van der Waals surface area contributed by atoms with Crippen LogP contribution in [0, 0.1) is 6.92 Å². The zero-order chi connectivity index (χ0) is 20.9. The SMILES string of the molecule is Cc1ccccc1CC(=O)N1CCN(c2ccc(NC(=O)c3ccco3)cc2)CC1. The number of hydrogen-bond acceptors (Lipinski definition) is 4. The Balaban J connectivity index is 1.30. The lowest BCUT2D eigenvalue weighted by Gasteiger charge is -2.36. The molecule has 2 heterocycles. The second-order valence-corrected chi connectivity index (χ2v) is 7.45. The lowest BCUT2D eigenvalue weighted by molar-refractivity contribution is -0.130. The van der Waals surface area contributed by atoms with Gasteiger partial charge in [0.05, 0.1) is 12.7 Å². The molecule has 0 bridgehead atoms. The summed E-state index contributed by atoms with van der Waals surface area (Å²) in [6.07, 6.45) is 1.93. The highest BCUT2D eigenvalue weighted by molar-refractivity contribution is 6.02. The van der Waals surface area contributed by atoms with Crippen LogP contribution in [0.2, 0.25) is 0 Å². The summed E-state index contributed by atoms with van der Waals surface area (Å²) in [5.74, 6) is 0.194. The zero-order valence-corrected chi connectivity index (χ0v) is 17.0. The molecule has 1 aliphatic rings. The fourth-order valence-corrected chi connectivity index (χ4v) is 3.65. The average Bonchev–Trinajstić information content (AvgIpc) is 3.31. The molecule has 4 rings (SSSR count). The Labute approximate surface area is 176 Å². The van der Waals surface area contributed by atoms with Gasteiger partial charge in [-0.15, -0.1) is 0 Å². The molecule has 154 valence electrons. The van der Waals surface area contributed by atoms with Crippen molar-refractivity contribution in [2.45, 2.75) is 13.3 Å². The highest BCUT2D eigenvalue weighted by Gasteiger charge is 2.21. The lowest BCUT2D eigenvalue weighted by Crippen LogP contribution is -2.49. The lowest BCUT2D eigenvalue weighted by atomic mass is 10.1. The van der Waals surface area contributed by atoms with Gasteiger partial charge in [0.1, 0.15) is 0 Å². The van der Waals surface area contributed by atoms with E-state index in [0.717, 1.165) is 29.9 Å². The molecule has 0 radical (unpaired) electrons. The van der Waals surface area contributed by atoms with E-state index in [1.807, 2.05) is 60.4 Å². The number of carbonyl (C=O) groups is 2. The van der Waals surface area contributed by atoms with Crippen LogP contribution in [0.1, 0.15) is 21.7 Å². The monoisotopic (exact) mass is 403 g/mol. The largest absolute Gasteiger partial charge is 0.459 e. The summed E-state index contributed by atoms with van der Waals surface area (Å²) >= 11 is 0. The normalized spacial score (nSPS) is 13.9. The second kappa shape index (κ2) is 8.86. The second-order valence-electron chi connectivity index (χ2n) is 7.45. The van der Waals surface area contributed by atoms with Crippen LogP contribution in [0.15, 0.2) is 71.3 Å². The maximum atomic E-state index is 12.7. The molecule has 0 aliphatic carbocycles. The van der Waals surface area contributed by atoms with Gasteiger partial charge in [-0.3, -0.25) is 9.59 Å². The number of hydrogen-bond donors (Lipinski definition) is 1. The first-order valence-electron chi connectivity index (χ1n) is 10.1. The van der Waals surface area contributed by atoms with E-state index in [1.54, 1.807) is 12.1 Å². The first-order chi connectivity index (χ1) is 14.6. The summed E-state index contributed by atoms with van der Waals surface area (Å²) in [5, 5.41) is 2.82. The van der Waals surface area contributed by atoms with Crippen molar-refractivity contribution >= 4 is 23.2 Å². The maximum Gasteiger partial charge on any atom is 0.291 e. The fraction of sp³-hybridized carbons (Fsp3) is 0.250. The van der Waals surface area contributed by atoms with Crippen molar-refractivity contribution in [3.8, 4) is 0 Å². The molecule has 1 aromatic heterocycles. The smallest absolute Gasteiger partial charge is 0.291 e. The van der Waals surface area contributed by atoms with E-state index in [0.29, 0.717) is 25.2 Å². The molecule has 0 unspecified atom stereocenters. The molecule has 0 saturated carbocycles. The molecule has 6 heteroatoms. The number of anilines is 2. The summed E-state index contributed by atoms with van der Waals surface area (Å²) in [7, 11) is 0. The number of furan rings is 1. The van der Waals surface area contributed by atoms with Gasteiger partial charge in [-0.2, -0.15) is 0 Å². The molecule has 1 saturated heterocycles. The van der Waals surface area contributed by atoms with Gasteiger partial charge in [-0.25, -0.2) is 0 Å². The van der Waals surface area contributed by atoms with Gasteiger partial charge >= 0.3 is 0 Å². The third-order valence-electron chi connectivity index (χ3n) is 5.47. The number of amides is 2. The van der Waals surface area contributed by atoms with Crippen molar-refractivity contribution in [3.05, 3.63) is 83.8 Å². The van der Waals surface area contributed by atoms with Crippen molar-refractivity contribution in [3.63, 3.8) is 0 Å². The Morgan fingerprint density at radius 1 is 0.933 bits per heavy atom. The average molecular weight is 403 g/mol. The topological polar surface area (TPSA) is 65.8 Å². The van der Waals surface area contributed by atoms with Gasteiger partial charge in [0.25, 0.3) is 5.91 Å². The molecule has 0 atom stereocenters. The number of rotatable bonds is 5. The van der Waals surface area contributed by atoms with Crippen LogP contribution in [-0.4, -0.2) is 42.9 Å². The Hall–Kier alpha value is -3.54. The third kappa shape index (κ3) is 4.54. The molecule has 1 N–H and O–H groups in total. The molecular formula is C24H25N3O3. The number of carbonyl (C=O) groups excluding carboxylic acids is 2. The summed E-state index contributed by atoms with van der Waals surface area (Å²) < 4.78 is 5.11. The minimum atomic E-state index is -0.270. The predicted octanol–water partition coefficient (Wildman–Crippen LogP) is 3.73. The zero-order valence-electron chi connectivity index (χ0n) is 17.0. The van der Waals surface area contributed by atoms with Crippen LogP contribution in [0.25, 0.3) is 0 Å². The van der Waals surface area contributed by atoms with Gasteiger partial charge in [-0.1, -0.05) is 24.3 Å². The number of piperazine rings is 1. The van der Waals surface area contributed by atoms with Gasteiger partial charge in [-0.05, 0) is 54.4 Å². The molecule has 1 aliphatic heterocycles. The summed E-state index contributed by atoms with van der Waals surface area (Å²) in [4.78, 5) is 28.9. The standard InChI is InChI=1S/C24H25N3O3/c1-18-5-2-3-6-19(18)17-23(28)27-14-12-26(13-15-27)21-10-8-20(9-11-21)25-24(29)22-7-4-16-30-22/h2-11,16H,12-15,17H2,1H3,(H,25,29). The Morgan fingerprint density at radius 2 is 1.67 bits per heavy atom. The fourth-order valence-electron chi connectivity index (χ4n) is 3.65. The van der Waals surface area contributed by atoms with E-state index in [9.17, 15) is 9.59 Å². The van der Waals surface area contributed by atoms with Crippen LogP contribution in [0.5, 0.6) is 0 Å². The minimum absolute atomic E-state index is 0.180. The highest BCUT2D eigenvalue weighted by atomic mass is 16.3. The van der Waals surface area contributed by atoms with Crippen LogP contribution >= 0.6 is 0 Å². The molecule has 2 amide bonds. The molecule has 6 nitrogen and oxygen atoms in total. The summed E-state index contributed by atoms with van der Waals surface area (Å²) in [6.45, 7) is 5.04. The molecule has 1 fully saturated rings. The van der Waals surface area contributed by atoms with E-state index in [4.69, 9.17) is 4.42 Å². The van der Waals surface area contributed by atoms with E-state index < -0.39 is 0 Å². The van der Waals surface area contributed by atoms with Crippen LogP contribution in [0.4, 0.5) is 11.4 Å². The van der Waals surface area contributed by atoms with E-state index in [2.05, 4.69) is 10.2 Å². The van der Waals surface area contributed by atoms with Crippen LogP contribution in [0.3, 0.4) is 0 Å². The van der Waals surface area contributed by atoms with E-state index in [1.165, 1.54) is 6.26 Å². The van der Waals surface area contributed by atoms with Crippen LogP contribution < -0.4 is 10.2 Å². The number of nitrogens with zero attached hydrogens (tertiary/aromatic N) is 2. The highest BCUT2D eigenvalue weighted by Crippen LogP contribution is 2.20. The Bertz CT molecular complexity index is 1000. The van der Waals surface area contributed by atoms with Crippen molar-refractivity contribution in [2.24, 2.45) is 0 Å². The van der Waals surface area contributed by atoms with E-state index in [-0.39, 0.29) is 17.6 Å². The first kappa shape index (κ1) is 19.8. The quantitative estimate of drug-likeness (QED) is 0.705.